The van der Waals surface area contributed by atoms with Crippen LogP contribution in [0, 0.1) is 0 Å². The number of rotatable bonds is 7. The lowest BCUT2D eigenvalue weighted by Crippen LogP contribution is -2.32. The van der Waals surface area contributed by atoms with Gasteiger partial charge in [0, 0.05) is 11.1 Å². The first-order valence-electron chi connectivity index (χ1n) is 10.1. The number of nitrogens with one attached hydrogen (secondary N) is 2. The minimum atomic E-state index is -0.594. The van der Waals surface area contributed by atoms with Crippen LogP contribution >= 0.6 is 0 Å². The van der Waals surface area contributed by atoms with Crippen LogP contribution in [0.1, 0.15) is 21.5 Å². The molecule has 8 nitrogen and oxygen atoms in total. The van der Waals surface area contributed by atoms with Gasteiger partial charge in [-0.3, -0.25) is 9.59 Å². The number of carbonyl (C=O) groups excluding carboxylic acids is 2. The highest BCUT2D eigenvalue weighted by Gasteiger charge is 2.17. The molecule has 3 aromatic rings. The van der Waals surface area contributed by atoms with Crippen LogP contribution in [0.25, 0.3) is 6.08 Å². The molecule has 0 radical (unpaired) electrons. The summed E-state index contributed by atoms with van der Waals surface area (Å²) in [5.74, 6) is 0.776. The smallest absolute Gasteiger partial charge is 0.287 e. The first kappa shape index (κ1) is 21.6. The van der Waals surface area contributed by atoms with Crippen LogP contribution in [-0.4, -0.2) is 31.9 Å². The minimum absolute atomic E-state index is 0.0138. The molecule has 3 aromatic carbocycles. The van der Waals surface area contributed by atoms with Crippen molar-refractivity contribution in [3.8, 4) is 17.2 Å². The second kappa shape index (κ2) is 10.1. The molecule has 0 unspecified atom stereocenters. The third-order valence-corrected chi connectivity index (χ3v) is 4.75. The Bertz CT molecular complexity index is 1220. The van der Waals surface area contributed by atoms with Gasteiger partial charge in [0.1, 0.15) is 11.4 Å². The van der Waals surface area contributed by atoms with E-state index < -0.39 is 11.8 Å². The predicted octanol–water partition coefficient (Wildman–Crippen LogP) is 3.35. The maximum absolute atomic E-state index is 12.9. The Labute approximate surface area is 190 Å². The second-order valence-corrected chi connectivity index (χ2v) is 6.93. The van der Waals surface area contributed by atoms with E-state index in [9.17, 15) is 9.59 Å². The van der Waals surface area contributed by atoms with Gasteiger partial charge in [0.05, 0.1) is 13.3 Å². The van der Waals surface area contributed by atoms with Crippen LogP contribution in [0.3, 0.4) is 0 Å². The summed E-state index contributed by atoms with van der Waals surface area (Å²) in [6, 6.07) is 21.1. The molecule has 2 N–H and O–H groups in total. The molecule has 0 bridgehead atoms. The van der Waals surface area contributed by atoms with Gasteiger partial charge in [-0.05, 0) is 48.0 Å². The second-order valence-electron chi connectivity index (χ2n) is 6.93. The number of methoxy groups -OCH3 is 1. The third kappa shape index (κ3) is 5.37. The summed E-state index contributed by atoms with van der Waals surface area (Å²) in [6.07, 6.45) is 3.00. The molecule has 0 saturated carbocycles. The quantitative estimate of drug-likeness (QED) is 0.332. The van der Waals surface area contributed by atoms with Crippen molar-refractivity contribution in [3.63, 3.8) is 0 Å². The Balaban J connectivity index is 1.56. The highest BCUT2D eigenvalue weighted by atomic mass is 16.7. The molecular formula is C25H21N3O5. The van der Waals surface area contributed by atoms with E-state index in [1.54, 1.807) is 67.8 Å². The highest BCUT2D eigenvalue weighted by molar-refractivity contribution is 6.05. The van der Waals surface area contributed by atoms with Gasteiger partial charge in [0.25, 0.3) is 11.8 Å². The number of ether oxygens (including phenoxy) is 3. The van der Waals surface area contributed by atoms with Gasteiger partial charge in [-0.25, -0.2) is 5.43 Å². The Morgan fingerprint density at radius 2 is 1.73 bits per heavy atom. The summed E-state index contributed by atoms with van der Waals surface area (Å²) in [6.45, 7) is 0.137. The molecule has 1 heterocycles. The number of hydrazone groups is 1. The monoisotopic (exact) mass is 443 g/mol. The normalized spacial score (nSPS) is 12.5. The molecule has 33 heavy (non-hydrogen) atoms. The first-order chi connectivity index (χ1) is 16.1. The standard InChI is InChI=1S/C25H21N3O5/c1-31-21-10-6-5-9-19(21)15-26-28-25(30)20(27-24(29)18-7-3-2-4-8-18)13-17-11-12-22-23(14-17)33-16-32-22/h2-15H,16H2,1H3,(H,27,29)(H,28,30)/b20-13+,26-15+. The van der Waals surface area contributed by atoms with Gasteiger partial charge < -0.3 is 19.5 Å². The van der Waals surface area contributed by atoms with Crippen molar-refractivity contribution in [3.05, 3.63) is 95.2 Å². The Hall–Kier alpha value is -4.59. The molecule has 166 valence electrons. The van der Waals surface area contributed by atoms with Crippen LogP contribution < -0.4 is 25.0 Å². The van der Waals surface area contributed by atoms with E-state index in [4.69, 9.17) is 14.2 Å². The lowest BCUT2D eigenvalue weighted by Gasteiger charge is -2.10. The number of nitrogens with zero attached hydrogens (tertiary/aromatic N) is 1. The zero-order valence-corrected chi connectivity index (χ0v) is 17.8. The predicted molar refractivity (Wildman–Crippen MR) is 123 cm³/mol. The maximum atomic E-state index is 12.9. The van der Waals surface area contributed by atoms with Crippen molar-refractivity contribution in [2.24, 2.45) is 5.10 Å². The van der Waals surface area contributed by atoms with Crippen molar-refractivity contribution in [1.29, 1.82) is 0 Å². The minimum Gasteiger partial charge on any atom is -0.496 e. The fourth-order valence-corrected chi connectivity index (χ4v) is 3.11. The van der Waals surface area contributed by atoms with Crippen LogP contribution in [0.2, 0.25) is 0 Å². The number of hydrogen-bond acceptors (Lipinski definition) is 6. The average molecular weight is 443 g/mol. The topological polar surface area (TPSA) is 98.2 Å². The Morgan fingerprint density at radius 1 is 0.970 bits per heavy atom. The van der Waals surface area contributed by atoms with Gasteiger partial charge in [-0.15, -0.1) is 0 Å². The number of benzene rings is 3. The van der Waals surface area contributed by atoms with Gasteiger partial charge in [0.2, 0.25) is 6.79 Å². The van der Waals surface area contributed by atoms with Gasteiger partial charge in [-0.2, -0.15) is 5.10 Å². The molecule has 0 aromatic heterocycles. The Morgan fingerprint density at radius 3 is 2.55 bits per heavy atom. The summed E-state index contributed by atoms with van der Waals surface area (Å²) < 4.78 is 16.0. The van der Waals surface area contributed by atoms with Gasteiger partial charge >= 0.3 is 0 Å². The molecule has 0 atom stereocenters. The largest absolute Gasteiger partial charge is 0.496 e. The molecule has 8 heteroatoms. The van der Waals surface area contributed by atoms with Crippen LogP contribution in [0.4, 0.5) is 0 Å². The molecular weight excluding hydrogens is 422 g/mol. The van der Waals surface area contributed by atoms with Crippen molar-refractivity contribution in [1.82, 2.24) is 10.7 Å². The Kier molecular flexibility index (Phi) is 6.65. The summed E-state index contributed by atoms with van der Waals surface area (Å²) in [4.78, 5) is 25.6. The molecule has 0 fully saturated rings. The van der Waals surface area contributed by atoms with E-state index in [1.807, 2.05) is 12.1 Å². The number of hydrogen-bond donors (Lipinski definition) is 2. The summed E-state index contributed by atoms with van der Waals surface area (Å²) in [5.41, 5.74) is 4.21. The van der Waals surface area contributed by atoms with Crippen LogP contribution in [-0.2, 0) is 4.79 Å². The van der Waals surface area contributed by atoms with Crippen LogP contribution in [0.5, 0.6) is 17.2 Å². The van der Waals surface area contributed by atoms with E-state index in [0.717, 1.165) is 0 Å². The van der Waals surface area contributed by atoms with E-state index in [-0.39, 0.29) is 12.5 Å². The lowest BCUT2D eigenvalue weighted by molar-refractivity contribution is -0.117. The molecule has 0 spiro atoms. The highest BCUT2D eigenvalue weighted by Crippen LogP contribution is 2.33. The third-order valence-electron chi connectivity index (χ3n) is 4.75. The summed E-state index contributed by atoms with van der Waals surface area (Å²) >= 11 is 0. The SMILES string of the molecule is COc1ccccc1/C=N/NC(=O)/C(=C\c1ccc2c(c1)OCO2)NC(=O)c1ccccc1. The van der Waals surface area contributed by atoms with E-state index in [1.165, 1.54) is 12.3 Å². The number of para-hydroxylation sites is 1. The van der Waals surface area contributed by atoms with Crippen molar-refractivity contribution in [2.75, 3.05) is 13.9 Å². The van der Waals surface area contributed by atoms with Crippen molar-refractivity contribution in [2.45, 2.75) is 0 Å². The molecule has 4 rings (SSSR count). The average Bonchev–Trinajstić information content (AvgIpc) is 3.32. The zero-order valence-electron chi connectivity index (χ0n) is 17.8. The molecule has 1 aliphatic rings. The lowest BCUT2D eigenvalue weighted by atomic mass is 10.1. The molecule has 1 aliphatic heterocycles. The van der Waals surface area contributed by atoms with Gasteiger partial charge in [0.15, 0.2) is 11.5 Å². The van der Waals surface area contributed by atoms with Crippen molar-refractivity contribution >= 4 is 24.1 Å². The van der Waals surface area contributed by atoms with E-state index >= 15 is 0 Å². The summed E-state index contributed by atoms with van der Waals surface area (Å²) in [5, 5.41) is 6.67. The van der Waals surface area contributed by atoms with Crippen LogP contribution in [0.15, 0.2) is 83.6 Å². The fourth-order valence-electron chi connectivity index (χ4n) is 3.11. The maximum Gasteiger partial charge on any atom is 0.287 e. The number of fused-ring (bicyclic) bond motifs is 1. The van der Waals surface area contributed by atoms with E-state index in [0.29, 0.717) is 33.9 Å². The van der Waals surface area contributed by atoms with E-state index in [2.05, 4.69) is 15.8 Å². The number of amides is 2. The summed E-state index contributed by atoms with van der Waals surface area (Å²) in [7, 11) is 1.55. The fraction of sp³-hybridized carbons (Fsp3) is 0.0800. The zero-order chi connectivity index (χ0) is 23.0. The molecule has 0 aliphatic carbocycles. The first-order valence-corrected chi connectivity index (χ1v) is 10.1. The van der Waals surface area contributed by atoms with Gasteiger partial charge in [-0.1, -0.05) is 36.4 Å². The van der Waals surface area contributed by atoms with Crippen molar-refractivity contribution < 1.29 is 23.8 Å². The number of carbonyl (C=O) groups is 2. The molecule has 2 amide bonds. The molecule has 0 saturated heterocycles.